The maximum Gasteiger partial charge on any atom is 0.280 e. The van der Waals surface area contributed by atoms with Gasteiger partial charge < -0.3 is 14.0 Å². The van der Waals surface area contributed by atoms with Gasteiger partial charge in [0.1, 0.15) is 17.7 Å². The Bertz CT molecular complexity index is 1160. The second kappa shape index (κ2) is 7.10. The Morgan fingerprint density at radius 2 is 1.97 bits per heavy atom. The molecule has 4 aromatic rings. The number of hydrogen-bond donors (Lipinski definition) is 0. The van der Waals surface area contributed by atoms with Gasteiger partial charge in [-0.3, -0.25) is 0 Å². The Morgan fingerprint density at radius 3 is 2.76 bits per heavy atom. The molecule has 2 aromatic heterocycles. The highest BCUT2D eigenvalue weighted by Gasteiger charge is 2.28. The minimum Gasteiger partial charge on any atom is -0.497 e. The van der Waals surface area contributed by atoms with Crippen molar-refractivity contribution < 1.29 is 18.4 Å². The number of rotatable bonds is 4. The van der Waals surface area contributed by atoms with E-state index < -0.39 is 5.82 Å². The third-order valence-corrected chi connectivity index (χ3v) is 4.83. The largest absolute Gasteiger partial charge is 0.497 e. The molecule has 3 heterocycles. The van der Waals surface area contributed by atoms with Crippen LogP contribution in [0.25, 0.3) is 23.0 Å². The summed E-state index contributed by atoms with van der Waals surface area (Å²) in [5.74, 6) is 0.703. The van der Waals surface area contributed by atoms with Crippen LogP contribution in [-0.4, -0.2) is 32.2 Å². The number of benzene rings is 2. The number of fused-ring (bicyclic) bond motifs is 1. The van der Waals surface area contributed by atoms with Gasteiger partial charge in [0.15, 0.2) is 5.69 Å². The molecule has 0 saturated heterocycles. The number of nitrogens with zero attached hydrogens (tertiary/aromatic N) is 5. The van der Waals surface area contributed by atoms with Gasteiger partial charge in [0, 0.05) is 0 Å². The Kier molecular flexibility index (Phi) is 4.28. The van der Waals surface area contributed by atoms with Crippen LogP contribution in [0.5, 0.6) is 5.75 Å². The van der Waals surface area contributed by atoms with Crippen molar-refractivity contribution in [2.24, 2.45) is 0 Å². The fraction of sp³-hybridized carbons (Fsp3) is 0.200. The van der Waals surface area contributed by atoms with Crippen LogP contribution in [-0.2, 0) is 17.9 Å². The van der Waals surface area contributed by atoms with Gasteiger partial charge in [0.2, 0.25) is 5.82 Å². The second-order valence-corrected chi connectivity index (χ2v) is 6.54. The first kappa shape index (κ1) is 17.5. The van der Waals surface area contributed by atoms with Crippen LogP contribution in [0, 0.1) is 5.82 Å². The fourth-order valence-electron chi connectivity index (χ4n) is 3.27. The average molecular weight is 393 g/mol. The van der Waals surface area contributed by atoms with Gasteiger partial charge >= 0.3 is 0 Å². The summed E-state index contributed by atoms with van der Waals surface area (Å²) in [6.45, 7) is 0.791. The summed E-state index contributed by atoms with van der Waals surface area (Å²) in [7, 11) is 1.63. The van der Waals surface area contributed by atoms with Crippen molar-refractivity contribution in [2.75, 3.05) is 7.11 Å². The predicted molar refractivity (Wildman–Crippen MR) is 99.2 cm³/mol. The summed E-state index contributed by atoms with van der Waals surface area (Å²) in [6.07, 6.45) is -0.153. The summed E-state index contributed by atoms with van der Waals surface area (Å²) in [6, 6.07) is 14.0. The van der Waals surface area contributed by atoms with Gasteiger partial charge in [-0.25, -0.2) is 9.07 Å². The van der Waals surface area contributed by atoms with E-state index in [4.69, 9.17) is 14.0 Å². The second-order valence-electron chi connectivity index (χ2n) is 6.54. The molecule has 9 heteroatoms. The molecule has 0 spiro atoms. The lowest BCUT2D eigenvalue weighted by Gasteiger charge is -2.24. The molecule has 146 valence electrons. The van der Waals surface area contributed by atoms with Gasteiger partial charge in [0.05, 0.1) is 31.5 Å². The summed E-state index contributed by atoms with van der Waals surface area (Å²) in [4.78, 5) is 4.29. The molecule has 0 unspecified atom stereocenters. The first-order chi connectivity index (χ1) is 14.2. The van der Waals surface area contributed by atoms with Crippen molar-refractivity contribution in [1.82, 2.24) is 25.1 Å². The van der Waals surface area contributed by atoms with Crippen molar-refractivity contribution >= 4 is 0 Å². The monoisotopic (exact) mass is 393 g/mol. The van der Waals surface area contributed by atoms with Crippen molar-refractivity contribution in [2.45, 2.75) is 19.3 Å². The lowest BCUT2D eigenvalue weighted by molar-refractivity contribution is -0.00119. The normalized spacial score (nSPS) is 15.9. The fourth-order valence-corrected chi connectivity index (χ4v) is 3.27. The molecule has 8 nitrogen and oxygen atoms in total. The zero-order valence-electron chi connectivity index (χ0n) is 15.4. The quantitative estimate of drug-likeness (QED) is 0.525. The van der Waals surface area contributed by atoms with Gasteiger partial charge in [-0.2, -0.15) is 4.98 Å². The van der Waals surface area contributed by atoms with E-state index in [-0.39, 0.29) is 30.0 Å². The minimum atomic E-state index is -0.421. The topological polar surface area (TPSA) is 88.1 Å². The number of methoxy groups -OCH3 is 1. The molecule has 0 radical (unpaired) electrons. The number of aromatic nitrogens is 5. The maximum absolute atomic E-state index is 14.0. The van der Waals surface area contributed by atoms with Crippen LogP contribution >= 0.6 is 0 Å². The molecular formula is C20H16FN5O3. The van der Waals surface area contributed by atoms with Crippen LogP contribution < -0.4 is 4.74 Å². The van der Waals surface area contributed by atoms with Crippen molar-refractivity contribution in [3.8, 4) is 28.7 Å². The van der Waals surface area contributed by atoms with Crippen LogP contribution in [0.3, 0.4) is 0 Å². The molecule has 1 atom stereocenters. The van der Waals surface area contributed by atoms with E-state index in [9.17, 15) is 4.39 Å². The summed E-state index contributed by atoms with van der Waals surface area (Å²) in [5.41, 5.74) is 2.46. The lowest BCUT2D eigenvalue weighted by atomic mass is 10.1. The maximum atomic E-state index is 14.0. The van der Waals surface area contributed by atoms with Crippen molar-refractivity contribution in [1.29, 1.82) is 0 Å². The molecule has 5 rings (SSSR count). The third-order valence-electron chi connectivity index (χ3n) is 4.83. The van der Waals surface area contributed by atoms with E-state index in [1.807, 2.05) is 24.3 Å². The van der Waals surface area contributed by atoms with Crippen molar-refractivity contribution in [3.63, 3.8) is 0 Å². The molecular weight excluding hydrogens is 377 g/mol. The van der Waals surface area contributed by atoms with Gasteiger partial charge in [-0.05, 0) is 29.8 Å². The molecule has 0 aliphatic carbocycles. The minimum absolute atomic E-state index is 0.153. The molecule has 0 amide bonds. The molecule has 1 aliphatic heterocycles. The zero-order chi connectivity index (χ0) is 19.8. The predicted octanol–water partition coefficient (Wildman–Crippen LogP) is 3.41. The highest BCUT2D eigenvalue weighted by molar-refractivity contribution is 5.59. The van der Waals surface area contributed by atoms with Crippen LogP contribution in [0.4, 0.5) is 4.39 Å². The van der Waals surface area contributed by atoms with Gasteiger partial charge in [0.25, 0.3) is 5.89 Å². The standard InChI is InChI=1S/C20H16FN5O3/c1-27-13-8-6-12(7-9-13)17-10-26-16(11-28-17)18(23-25-26)20-22-19(24-29-20)14-4-2-3-5-15(14)21/h2-9,17H,10-11H2,1H3/t17-/m0/s1. The summed E-state index contributed by atoms with van der Waals surface area (Å²) >= 11 is 0. The SMILES string of the molecule is COc1ccc([C@@H]2Cn3nnc(-c4nc(-c5ccccc5F)no4)c3CO2)cc1. The van der Waals surface area contributed by atoms with Crippen LogP contribution in [0.15, 0.2) is 53.1 Å². The lowest BCUT2D eigenvalue weighted by Crippen LogP contribution is -2.22. The summed E-state index contributed by atoms with van der Waals surface area (Å²) < 4.78 is 32.2. The Morgan fingerprint density at radius 1 is 1.14 bits per heavy atom. The number of halogens is 1. The van der Waals surface area contributed by atoms with E-state index in [2.05, 4.69) is 20.5 Å². The van der Waals surface area contributed by atoms with E-state index in [0.717, 1.165) is 17.0 Å². The average Bonchev–Trinajstić information content (AvgIpc) is 3.40. The third kappa shape index (κ3) is 3.15. The molecule has 0 bridgehead atoms. The molecule has 1 aliphatic rings. The first-order valence-electron chi connectivity index (χ1n) is 9.00. The number of hydrogen-bond acceptors (Lipinski definition) is 7. The first-order valence-corrected chi connectivity index (χ1v) is 9.00. The molecule has 0 saturated carbocycles. The van der Waals surface area contributed by atoms with Gasteiger partial charge in [-0.1, -0.05) is 34.6 Å². The molecule has 0 fully saturated rings. The van der Waals surface area contributed by atoms with Crippen LogP contribution in [0.1, 0.15) is 17.4 Å². The van der Waals surface area contributed by atoms with Gasteiger partial charge in [-0.15, -0.1) is 5.10 Å². The van der Waals surface area contributed by atoms with E-state index >= 15 is 0 Å². The smallest absolute Gasteiger partial charge is 0.280 e. The van der Waals surface area contributed by atoms with E-state index in [1.54, 1.807) is 30.0 Å². The molecule has 0 N–H and O–H groups in total. The highest BCUT2D eigenvalue weighted by atomic mass is 19.1. The Hall–Kier alpha value is -3.59. The Balaban J connectivity index is 1.40. The highest BCUT2D eigenvalue weighted by Crippen LogP contribution is 2.31. The zero-order valence-corrected chi connectivity index (χ0v) is 15.4. The van der Waals surface area contributed by atoms with Crippen LogP contribution in [0.2, 0.25) is 0 Å². The van der Waals surface area contributed by atoms with E-state index in [0.29, 0.717) is 12.2 Å². The molecule has 29 heavy (non-hydrogen) atoms. The summed E-state index contributed by atoms with van der Waals surface area (Å²) in [5, 5.41) is 12.3. The van der Waals surface area contributed by atoms with E-state index in [1.165, 1.54) is 6.07 Å². The molecule has 2 aromatic carbocycles. The Labute approximate surface area is 164 Å². The number of ether oxygens (including phenoxy) is 2. The van der Waals surface area contributed by atoms with Crippen molar-refractivity contribution in [3.05, 3.63) is 65.6 Å².